The van der Waals surface area contributed by atoms with Gasteiger partial charge in [-0.2, -0.15) is 0 Å². The molecule has 2 aromatic carbocycles. The fraction of sp³-hybridized carbons (Fsp3) is 0.381. The minimum absolute atomic E-state index is 0.0840. The highest BCUT2D eigenvalue weighted by Gasteiger charge is 2.21. The molecular formula is C21H24Cl2N2O2. The molecule has 2 aromatic rings. The van der Waals surface area contributed by atoms with Gasteiger partial charge in [-0.1, -0.05) is 41.4 Å². The molecule has 1 N–H and O–H groups in total. The highest BCUT2D eigenvalue weighted by atomic mass is 35.5. The van der Waals surface area contributed by atoms with Crippen molar-refractivity contribution in [2.24, 2.45) is 0 Å². The number of ether oxygens (including phenoxy) is 1. The molecule has 0 radical (unpaired) electrons. The van der Waals surface area contributed by atoms with Crippen LogP contribution in [0.5, 0.6) is 5.75 Å². The van der Waals surface area contributed by atoms with Gasteiger partial charge >= 0.3 is 0 Å². The Morgan fingerprint density at radius 2 is 1.96 bits per heavy atom. The molecule has 1 heterocycles. The van der Waals surface area contributed by atoms with Crippen LogP contribution >= 0.6 is 23.2 Å². The van der Waals surface area contributed by atoms with E-state index in [0.717, 1.165) is 24.9 Å². The predicted octanol–water partition coefficient (Wildman–Crippen LogP) is 4.54. The molecule has 0 spiro atoms. The Morgan fingerprint density at radius 1 is 1.15 bits per heavy atom. The van der Waals surface area contributed by atoms with Crippen LogP contribution in [-0.2, 0) is 11.3 Å². The van der Waals surface area contributed by atoms with Crippen LogP contribution in [0.25, 0.3) is 0 Å². The van der Waals surface area contributed by atoms with Crippen molar-refractivity contribution >= 4 is 29.1 Å². The predicted molar refractivity (Wildman–Crippen MR) is 109 cm³/mol. The van der Waals surface area contributed by atoms with E-state index in [1.165, 1.54) is 0 Å². The first-order valence-corrected chi connectivity index (χ1v) is 10.00. The zero-order valence-corrected chi connectivity index (χ0v) is 16.7. The maximum Gasteiger partial charge on any atom is 0.226 e. The number of nitrogens with one attached hydrogen (secondary N) is 1. The molecule has 0 saturated carbocycles. The number of hydrogen-bond donors (Lipinski definition) is 1. The minimum atomic E-state index is 0.0840. The highest BCUT2D eigenvalue weighted by molar-refractivity contribution is 6.30. The van der Waals surface area contributed by atoms with Gasteiger partial charge in [0.25, 0.3) is 0 Å². The number of halogens is 2. The third-order valence-corrected chi connectivity index (χ3v) is 5.11. The van der Waals surface area contributed by atoms with Crippen LogP contribution in [0.4, 0.5) is 0 Å². The smallest absolute Gasteiger partial charge is 0.226 e. The second-order valence-electron chi connectivity index (χ2n) is 6.75. The second-order valence-corrected chi connectivity index (χ2v) is 7.62. The molecule has 1 aliphatic heterocycles. The Bertz CT molecular complexity index is 746. The monoisotopic (exact) mass is 406 g/mol. The van der Waals surface area contributed by atoms with Gasteiger partial charge in [0, 0.05) is 29.2 Å². The maximum atomic E-state index is 12.8. The summed E-state index contributed by atoms with van der Waals surface area (Å²) in [7, 11) is 0. The third kappa shape index (κ3) is 6.42. The van der Waals surface area contributed by atoms with Crippen molar-refractivity contribution in [1.82, 2.24) is 10.2 Å². The number of hydrogen-bond acceptors (Lipinski definition) is 3. The van der Waals surface area contributed by atoms with E-state index >= 15 is 0 Å². The molecule has 1 unspecified atom stereocenters. The van der Waals surface area contributed by atoms with Crippen LogP contribution in [0.3, 0.4) is 0 Å². The van der Waals surface area contributed by atoms with E-state index in [1.54, 1.807) is 12.1 Å². The summed E-state index contributed by atoms with van der Waals surface area (Å²) in [6.45, 7) is 2.63. The molecule has 27 heavy (non-hydrogen) atoms. The van der Waals surface area contributed by atoms with Gasteiger partial charge < -0.3 is 15.0 Å². The lowest BCUT2D eigenvalue weighted by Crippen LogP contribution is -2.41. The minimum Gasteiger partial charge on any atom is -0.493 e. The van der Waals surface area contributed by atoms with Crippen LogP contribution in [0.15, 0.2) is 48.5 Å². The topological polar surface area (TPSA) is 41.6 Å². The van der Waals surface area contributed by atoms with Crippen molar-refractivity contribution < 1.29 is 9.53 Å². The first-order valence-electron chi connectivity index (χ1n) is 9.24. The van der Waals surface area contributed by atoms with E-state index in [0.29, 0.717) is 48.0 Å². The first kappa shape index (κ1) is 20.0. The molecule has 1 amide bonds. The molecule has 0 bridgehead atoms. The van der Waals surface area contributed by atoms with E-state index in [9.17, 15) is 4.79 Å². The lowest BCUT2D eigenvalue weighted by molar-refractivity contribution is -0.132. The molecule has 144 valence electrons. The lowest BCUT2D eigenvalue weighted by atomic mass is 10.1. The molecule has 1 fully saturated rings. The number of amides is 1. The summed E-state index contributed by atoms with van der Waals surface area (Å²) in [4.78, 5) is 14.7. The number of carbonyl (C=O) groups excluding carboxylic acids is 1. The van der Waals surface area contributed by atoms with E-state index in [2.05, 4.69) is 5.32 Å². The van der Waals surface area contributed by atoms with Gasteiger partial charge in [0.1, 0.15) is 5.75 Å². The second kappa shape index (κ2) is 9.98. The Hall–Kier alpha value is -1.75. The molecule has 1 saturated heterocycles. The van der Waals surface area contributed by atoms with Crippen molar-refractivity contribution in [3.63, 3.8) is 0 Å². The van der Waals surface area contributed by atoms with Gasteiger partial charge in [-0.05, 0) is 55.3 Å². The van der Waals surface area contributed by atoms with Gasteiger partial charge in [0.15, 0.2) is 0 Å². The largest absolute Gasteiger partial charge is 0.493 e. The van der Waals surface area contributed by atoms with Crippen LogP contribution in [0.2, 0.25) is 10.0 Å². The molecule has 1 aliphatic rings. The number of rotatable bonds is 8. The normalized spacial score (nSPS) is 16.3. The molecular weight excluding hydrogens is 383 g/mol. The van der Waals surface area contributed by atoms with Gasteiger partial charge in [0.05, 0.1) is 13.0 Å². The Kier molecular flexibility index (Phi) is 7.39. The number of nitrogens with zero attached hydrogens (tertiary/aromatic N) is 1. The molecule has 1 atom stereocenters. The van der Waals surface area contributed by atoms with E-state index in [-0.39, 0.29) is 5.91 Å². The lowest BCUT2D eigenvalue weighted by Gasteiger charge is -2.26. The van der Waals surface area contributed by atoms with E-state index in [4.69, 9.17) is 27.9 Å². The molecule has 6 heteroatoms. The molecule has 0 aromatic heterocycles. The van der Waals surface area contributed by atoms with Crippen molar-refractivity contribution in [2.75, 3.05) is 19.7 Å². The molecule has 3 rings (SSSR count). The first-order chi connectivity index (χ1) is 13.1. The Morgan fingerprint density at radius 3 is 2.67 bits per heavy atom. The summed E-state index contributed by atoms with van der Waals surface area (Å²) in [5.41, 5.74) is 1.07. The van der Waals surface area contributed by atoms with Crippen LogP contribution in [0.1, 0.15) is 24.8 Å². The number of benzene rings is 2. The van der Waals surface area contributed by atoms with Crippen molar-refractivity contribution in [2.45, 2.75) is 31.8 Å². The quantitative estimate of drug-likeness (QED) is 0.699. The van der Waals surface area contributed by atoms with Crippen molar-refractivity contribution in [3.05, 3.63) is 64.1 Å². The zero-order valence-electron chi connectivity index (χ0n) is 15.2. The molecule has 4 nitrogen and oxygen atoms in total. The summed E-state index contributed by atoms with van der Waals surface area (Å²) >= 11 is 11.9. The Balaban J connectivity index is 1.57. The summed E-state index contributed by atoms with van der Waals surface area (Å²) in [6.07, 6.45) is 2.59. The molecule has 0 aliphatic carbocycles. The summed E-state index contributed by atoms with van der Waals surface area (Å²) < 4.78 is 5.68. The van der Waals surface area contributed by atoms with Gasteiger partial charge in [0.2, 0.25) is 5.91 Å². The average molecular weight is 407 g/mol. The van der Waals surface area contributed by atoms with Crippen molar-refractivity contribution in [1.29, 1.82) is 0 Å². The van der Waals surface area contributed by atoms with E-state index in [1.807, 2.05) is 41.3 Å². The average Bonchev–Trinajstić information content (AvgIpc) is 3.16. The SMILES string of the molecule is O=C(CCOc1cccc(Cl)c1)N(Cc1ccc(Cl)cc1)CC1CCCN1. The fourth-order valence-corrected chi connectivity index (χ4v) is 3.52. The van der Waals surface area contributed by atoms with E-state index < -0.39 is 0 Å². The highest BCUT2D eigenvalue weighted by Crippen LogP contribution is 2.18. The van der Waals surface area contributed by atoms with Gasteiger partial charge in [-0.15, -0.1) is 0 Å². The van der Waals surface area contributed by atoms with Crippen LogP contribution in [-0.4, -0.2) is 36.5 Å². The zero-order chi connectivity index (χ0) is 19.1. The van der Waals surface area contributed by atoms with Crippen molar-refractivity contribution in [3.8, 4) is 5.75 Å². The summed E-state index contributed by atoms with van der Waals surface area (Å²) in [5, 5.41) is 4.78. The standard InChI is InChI=1S/C21H24Cl2N2O2/c22-17-8-6-16(7-9-17)14-25(15-19-4-2-11-24-19)21(26)10-12-27-20-5-1-3-18(23)13-20/h1,3,5-9,13,19,24H,2,4,10-12,14-15H2. The van der Waals surface area contributed by atoms with Gasteiger partial charge in [-0.3, -0.25) is 4.79 Å². The maximum absolute atomic E-state index is 12.8. The fourth-order valence-electron chi connectivity index (χ4n) is 3.21. The van der Waals surface area contributed by atoms with Crippen LogP contribution < -0.4 is 10.1 Å². The summed E-state index contributed by atoms with van der Waals surface area (Å²) in [6, 6.07) is 15.2. The number of carbonyl (C=O) groups is 1. The van der Waals surface area contributed by atoms with Gasteiger partial charge in [-0.25, -0.2) is 0 Å². The Labute approximate surface area is 170 Å². The summed E-state index contributed by atoms with van der Waals surface area (Å²) in [5.74, 6) is 0.762. The van der Waals surface area contributed by atoms with Crippen LogP contribution in [0, 0.1) is 0 Å². The third-order valence-electron chi connectivity index (χ3n) is 4.62.